The summed E-state index contributed by atoms with van der Waals surface area (Å²) in [4.78, 5) is 4.22. The van der Waals surface area contributed by atoms with Gasteiger partial charge in [-0.25, -0.2) is 0 Å². The Bertz CT molecular complexity index is 499. The maximum absolute atomic E-state index is 9.19. The van der Waals surface area contributed by atoms with E-state index in [1.165, 1.54) is 0 Å². The third kappa shape index (κ3) is 10.5. The first kappa shape index (κ1) is 20.3. The summed E-state index contributed by atoms with van der Waals surface area (Å²) >= 11 is 0. The van der Waals surface area contributed by atoms with E-state index in [2.05, 4.69) is 11.1 Å². The molecule has 2 rings (SSSR count). The molecule has 4 nitrogen and oxygen atoms in total. The molecule has 1 aromatic heterocycles. The maximum atomic E-state index is 9.19. The van der Waals surface area contributed by atoms with E-state index in [0.717, 1.165) is 11.3 Å². The molecule has 19 heavy (non-hydrogen) atoms. The third-order valence-electron chi connectivity index (χ3n) is 1.65. The zero-order valence-electron chi connectivity index (χ0n) is 10.6. The van der Waals surface area contributed by atoms with Crippen LogP contribution in [0.2, 0.25) is 0 Å². The summed E-state index contributed by atoms with van der Waals surface area (Å²) in [5, 5.41) is 0. The Labute approximate surface area is 128 Å². The van der Waals surface area contributed by atoms with Crippen LogP contribution in [0, 0.1) is 13.5 Å². The van der Waals surface area contributed by atoms with Crippen molar-refractivity contribution in [1.82, 2.24) is 4.98 Å². The number of hydrogen-bond acceptors (Lipinski definition) is 3. The van der Waals surface area contributed by atoms with Crippen LogP contribution < -0.4 is 0 Å². The largest absolute Gasteiger partial charge is 0.358 e. The number of benzene rings is 1. The average molecular weight is 458 g/mol. The monoisotopic (exact) mass is 458 g/mol. The van der Waals surface area contributed by atoms with Gasteiger partial charge in [0.2, 0.25) is 0 Å². The van der Waals surface area contributed by atoms with Crippen LogP contribution >= 0.6 is 0 Å². The molecule has 107 valence electrons. The molecule has 0 aliphatic rings. The fourth-order valence-corrected chi connectivity index (χ4v) is 1.07. The van der Waals surface area contributed by atoms with Gasteiger partial charge in [0.25, 0.3) is 10.1 Å². The van der Waals surface area contributed by atoms with Crippen LogP contribution in [0.3, 0.4) is 0 Å². The molecule has 2 aromatic rings. The van der Waals surface area contributed by atoms with Gasteiger partial charge in [-0.3, -0.25) is 4.55 Å². The van der Waals surface area contributed by atoms with Gasteiger partial charge in [0.05, 0.1) is 6.26 Å². The third-order valence-corrected chi connectivity index (χ3v) is 1.65. The molecular formula is C13H15IrNO3S-2. The van der Waals surface area contributed by atoms with Crippen molar-refractivity contribution in [3.8, 4) is 11.3 Å². The van der Waals surface area contributed by atoms with Gasteiger partial charge in [-0.15, -0.1) is 35.9 Å². The standard InChI is InChI=1S/C11H8N.CH4O3S.CH3.Ir/c1-2-6-10(7-3-1)11-8-4-5-9-12-11;1-5(2,3)4;;/h1-6,8-9H;1H3,(H,2,3,4);1H3;/q-1;;-1;. The van der Waals surface area contributed by atoms with Crippen LogP contribution in [0.1, 0.15) is 0 Å². The van der Waals surface area contributed by atoms with E-state index >= 15 is 0 Å². The van der Waals surface area contributed by atoms with Crippen molar-refractivity contribution in [3.63, 3.8) is 0 Å². The molecule has 6 heteroatoms. The van der Waals surface area contributed by atoms with Crippen molar-refractivity contribution >= 4 is 10.1 Å². The zero-order valence-corrected chi connectivity index (χ0v) is 13.8. The molecule has 1 radical (unpaired) electrons. The second kappa shape index (κ2) is 9.81. The van der Waals surface area contributed by atoms with E-state index in [1.54, 1.807) is 6.20 Å². The molecule has 0 unspecified atom stereocenters. The van der Waals surface area contributed by atoms with E-state index < -0.39 is 10.1 Å². The maximum Gasteiger partial charge on any atom is 0.261 e. The first-order valence-corrected chi connectivity index (χ1v) is 6.62. The number of rotatable bonds is 1. The van der Waals surface area contributed by atoms with Crippen LogP contribution in [0.25, 0.3) is 11.3 Å². The summed E-state index contributed by atoms with van der Waals surface area (Å²) in [6.07, 6.45) is 2.50. The molecule has 0 amide bonds. The summed E-state index contributed by atoms with van der Waals surface area (Å²) < 4.78 is 25.9. The van der Waals surface area contributed by atoms with Crippen LogP contribution in [-0.2, 0) is 30.2 Å². The molecule has 0 saturated heterocycles. The fraction of sp³-hybridized carbons (Fsp3) is 0.0769. The van der Waals surface area contributed by atoms with E-state index in [0.29, 0.717) is 6.26 Å². The predicted octanol–water partition coefficient (Wildman–Crippen LogP) is 2.50. The first-order valence-electron chi connectivity index (χ1n) is 4.77. The Morgan fingerprint density at radius 3 is 2.16 bits per heavy atom. The van der Waals surface area contributed by atoms with Crippen LogP contribution in [0.15, 0.2) is 48.7 Å². The molecule has 0 atom stereocenters. The molecule has 0 bridgehead atoms. The fourth-order valence-electron chi connectivity index (χ4n) is 1.07. The normalized spacial score (nSPS) is 9.16. The Balaban J connectivity index is 0. The molecule has 0 spiro atoms. The minimum atomic E-state index is -3.67. The quantitative estimate of drug-likeness (QED) is 0.528. The van der Waals surface area contributed by atoms with Gasteiger partial charge in [0.1, 0.15) is 0 Å². The topological polar surface area (TPSA) is 67.3 Å². The van der Waals surface area contributed by atoms with E-state index in [4.69, 9.17) is 4.55 Å². The molecule has 0 aliphatic carbocycles. The molecule has 1 N–H and O–H groups in total. The molecule has 0 aliphatic heterocycles. The average Bonchev–Trinajstić information content (AvgIpc) is 2.29. The number of aromatic nitrogens is 1. The Hall–Kier alpha value is -1.07. The summed E-state index contributed by atoms with van der Waals surface area (Å²) in [5.74, 6) is 0. The van der Waals surface area contributed by atoms with E-state index in [1.807, 2.05) is 42.5 Å². The minimum Gasteiger partial charge on any atom is -0.358 e. The van der Waals surface area contributed by atoms with Crippen LogP contribution in [0.5, 0.6) is 0 Å². The second-order valence-electron chi connectivity index (χ2n) is 3.22. The summed E-state index contributed by atoms with van der Waals surface area (Å²) in [6, 6.07) is 16.8. The van der Waals surface area contributed by atoms with Gasteiger partial charge in [-0.1, -0.05) is 12.1 Å². The number of hydrogen-bond donors (Lipinski definition) is 1. The number of nitrogens with zero attached hydrogens (tertiary/aromatic N) is 1. The van der Waals surface area contributed by atoms with Crippen molar-refractivity contribution < 1.29 is 33.1 Å². The van der Waals surface area contributed by atoms with Crippen molar-refractivity contribution in [2.45, 2.75) is 0 Å². The van der Waals surface area contributed by atoms with Gasteiger partial charge < -0.3 is 12.4 Å². The van der Waals surface area contributed by atoms with Crippen LogP contribution in [0.4, 0.5) is 0 Å². The second-order valence-corrected chi connectivity index (χ2v) is 4.69. The van der Waals surface area contributed by atoms with Gasteiger partial charge in [-0.05, 0) is 11.8 Å². The van der Waals surface area contributed by atoms with E-state index in [-0.39, 0.29) is 27.5 Å². The van der Waals surface area contributed by atoms with Gasteiger partial charge in [0.15, 0.2) is 0 Å². The Kier molecular flexibility index (Phi) is 10.5. The van der Waals surface area contributed by atoms with Gasteiger partial charge >= 0.3 is 0 Å². The molecule has 0 fully saturated rings. The SMILES string of the molecule is CS(=O)(=O)O.[CH3-].[Ir].[c-]1ccccc1-c1ccccn1. The summed E-state index contributed by atoms with van der Waals surface area (Å²) in [7, 11) is -3.67. The van der Waals surface area contributed by atoms with Crippen molar-refractivity contribution in [3.05, 3.63) is 62.2 Å². The van der Waals surface area contributed by atoms with Crippen molar-refractivity contribution in [1.29, 1.82) is 0 Å². The van der Waals surface area contributed by atoms with E-state index in [9.17, 15) is 8.42 Å². The Morgan fingerprint density at radius 1 is 1.16 bits per heavy atom. The van der Waals surface area contributed by atoms with Crippen LogP contribution in [-0.4, -0.2) is 24.2 Å². The molecule has 1 heterocycles. The summed E-state index contributed by atoms with van der Waals surface area (Å²) in [6.45, 7) is 0. The smallest absolute Gasteiger partial charge is 0.261 e. The van der Waals surface area contributed by atoms with Gasteiger partial charge in [-0.2, -0.15) is 8.42 Å². The first-order chi connectivity index (χ1) is 7.97. The Morgan fingerprint density at radius 2 is 1.74 bits per heavy atom. The van der Waals surface area contributed by atoms with Crippen molar-refractivity contribution in [2.24, 2.45) is 0 Å². The predicted molar refractivity (Wildman–Crippen MR) is 72.4 cm³/mol. The van der Waals surface area contributed by atoms with Crippen molar-refractivity contribution in [2.75, 3.05) is 6.26 Å². The molecule has 1 aromatic carbocycles. The number of pyridine rings is 1. The minimum absolute atomic E-state index is 0. The zero-order chi connectivity index (χ0) is 12.7. The van der Waals surface area contributed by atoms with Gasteiger partial charge in [0, 0.05) is 26.3 Å². The molecular weight excluding hydrogens is 442 g/mol. The summed E-state index contributed by atoms with van der Waals surface area (Å²) in [5.41, 5.74) is 2.01. The molecule has 0 saturated carbocycles.